The van der Waals surface area contributed by atoms with Crippen LogP contribution in [0.4, 0.5) is 0 Å². The molecule has 0 radical (unpaired) electrons. The number of aryl methyl sites for hydroxylation is 1. The minimum Gasteiger partial charge on any atom is -0.271 e. The Morgan fingerprint density at radius 1 is 1.35 bits per heavy atom. The Labute approximate surface area is 116 Å². The molecule has 0 aliphatic carbocycles. The van der Waals surface area contributed by atoms with Crippen molar-refractivity contribution < 1.29 is 0 Å². The lowest BCUT2D eigenvalue weighted by molar-refractivity contribution is 0.558. The van der Waals surface area contributed by atoms with Crippen LogP contribution in [0, 0.1) is 6.92 Å². The lowest BCUT2D eigenvalue weighted by atomic mass is 10.2. The summed E-state index contributed by atoms with van der Waals surface area (Å²) in [6, 6.07) is 4.68. The fourth-order valence-corrected chi connectivity index (χ4v) is 6.16. The molecule has 5 heteroatoms. The highest BCUT2D eigenvalue weighted by Gasteiger charge is 2.32. The van der Waals surface area contributed by atoms with Crippen molar-refractivity contribution in [2.45, 2.75) is 42.6 Å². The maximum atomic E-state index is 5.76. The molecule has 96 valence electrons. The predicted octanol–water partition coefficient (Wildman–Crippen LogP) is 3.19. The molecule has 2 heterocycles. The molecular formula is C12H20N2S3. The van der Waals surface area contributed by atoms with Crippen LogP contribution in [0.3, 0.4) is 0 Å². The summed E-state index contributed by atoms with van der Waals surface area (Å²) < 4.78 is 0. The van der Waals surface area contributed by atoms with E-state index < -0.39 is 0 Å². The molecule has 4 atom stereocenters. The second-order valence-electron chi connectivity index (χ2n) is 4.51. The van der Waals surface area contributed by atoms with E-state index in [0.717, 1.165) is 5.25 Å². The van der Waals surface area contributed by atoms with Gasteiger partial charge in [-0.3, -0.25) is 11.3 Å². The van der Waals surface area contributed by atoms with Gasteiger partial charge in [0.25, 0.3) is 0 Å². The van der Waals surface area contributed by atoms with Crippen LogP contribution in [-0.2, 0) is 0 Å². The lowest BCUT2D eigenvalue weighted by Gasteiger charge is -2.35. The van der Waals surface area contributed by atoms with Gasteiger partial charge in [-0.05, 0) is 19.1 Å². The zero-order chi connectivity index (χ0) is 12.4. The van der Waals surface area contributed by atoms with Gasteiger partial charge in [0, 0.05) is 31.3 Å². The number of hydrazine groups is 1. The molecule has 1 aromatic heterocycles. The Bertz CT molecular complexity index is 366. The molecule has 1 saturated heterocycles. The normalized spacial score (nSPS) is 31.4. The Hall–Kier alpha value is 0.320. The molecule has 2 rings (SSSR count). The fraction of sp³-hybridized carbons (Fsp3) is 0.667. The molecule has 1 aromatic rings. The summed E-state index contributed by atoms with van der Waals surface area (Å²) in [5, 5.41) is 2.03. The molecule has 1 aliphatic heterocycles. The molecule has 0 saturated carbocycles. The first kappa shape index (κ1) is 13.7. The van der Waals surface area contributed by atoms with Gasteiger partial charge < -0.3 is 0 Å². The van der Waals surface area contributed by atoms with E-state index in [1.807, 2.05) is 11.3 Å². The average Bonchev–Trinajstić information content (AvgIpc) is 2.71. The largest absolute Gasteiger partial charge is 0.271 e. The summed E-state index contributed by atoms with van der Waals surface area (Å²) in [5.74, 6) is 6.94. The molecule has 0 aromatic carbocycles. The van der Waals surface area contributed by atoms with Gasteiger partial charge in [0.1, 0.15) is 0 Å². The van der Waals surface area contributed by atoms with Crippen LogP contribution in [0.1, 0.15) is 29.6 Å². The number of hydrogen-bond donors (Lipinski definition) is 2. The zero-order valence-corrected chi connectivity index (χ0v) is 12.9. The molecule has 2 nitrogen and oxygen atoms in total. The topological polar surface area (TPSA) is 38.0 Å². The quantitative estimate of drug-likeness (QED) is 0.662. The second-order valence-corrected chi connectivity index (χ2v) is 8.86. The standard InChI is InChI=1S/C12H20N2S3/c1-7-4-5-10(16-7)12(14-13)11-6-15-8(2)9(3)17-11/h4-5,8-9,11-12,14H,6,13H2,1-3H3. The van der Waals surface area contributed by atoms with Gasteiger partial charge in [0.15, 0.2) is 0 Å². The minimum absolute atomic E-state index is 0.293. The van der Waals surface area contributed by atoms with Crippen molar-refractivity contribution in [2.24, 2.45) is 5.84 Å². The van der Waals surface area contributed by atoms with Gasteiger partial charge in [0.05, 0.1) is 6.04 Å². The van der Waals surface area contributed by atoms with Gasteiger partial charge in [-0.15, -0.1) is 11.3 Å². The first-order chi connectivity index (χ1) is 8.11. The van der Waals surface area contributed by atoms with Crippen molar-refractivity contribution in [3.05, 3.63) is 21.9 Å². The lowest BCUT2D eigenvalue weighted by Crippen LogP contribution is -2.39. The van der Waals surface area contributed by atoms with Crippen LogP contribution >= 0.6 is 34.9 Å². The van der Waals surface area contributed by atoms with E-state index in [2.05, 4.69) is 61.9 Å². The van der Waals surface area contributed by atoms with Crippen molar-refractivity contribution in [2.75, 3.05) is 5.75 Å². The van der Waals surface area contributed by atoms with E-state index in [4.69, 9.17) is 5.84 Å². The molecule has 1 fully saturated rings. The van der Waals surface area contributed by atoms with Crippen LogP contribution in [0.5, 0.6) is 0 Å². The maximum absolute atomic E-state index is 5.76. The third-order valence-corrected chi connectivity index (χ3v) is 7.77. The summed E-state index contributed by atoms with van der Waals surface area (Å²) in [7, 11) is 0. The third-order valence-electron chi connectivity index (χ3n) is 3.19. The van der Waals surface area contributed by atoms with Gasteiger partial charge in [-0.2, -0.15) is 23.5 Å². The zero-order valence-electron chi connectivity index (χ0n) is 10.5. The number of thiophene rings is 1. The molecule has 1 aliphatic rings. The highest BCUT2D eigenvalue weighted by molar-refractivity contribution is 8.07. The van der Waals surface area contributed by atoms with E-state index in [0.29, 0.717) is 16.5 Å². The summed E-state index contributed by atoms with van der Waals surface area (Å²) in [6.45, 7) is 6.79. The van der Waals surface area contributed by atoms with Crippen LogP contribution in [0.2, 0.25) is 0 Å². The highest BCUT2D eigenvalue weighted by Crippen LogP contribution is 2.41. The van der Waals surface area contributed by atoms with E-state index in [1.54, 1.807) is 0 Å². The summed E-state index contributed by atoms with van der Waals surface area (Å²) in [4.78, 5) is 2.72. The van der Waals surface area contributed by atoms with Crippen molar-refractivity contribution in [1.82, 2.24) is 5.43 Å². The SMILES string of the molecule is Cc1ccc(C(NN)C2CSC(C)C(C)S2)s1. The Morgan fingerprint density at radius 2 is 2.12 bits per heavy atom. The van der Waals surface area contributed by atoms with Crippen LogP contribution in [-0.4, -0.2) is 21.5 Å². The van der Waals surface area contributed by atoms with E-state index in [1.165, 1.54) is 15.5 Å². The van der Waals surface area contributed by atoms with Crippen LogP contribution in [0.25, 0.3) is 0 Å². The molecule has 17 heavy (non-hydrogen) atoms. The summed E-state index contributed by atoms with van der Waals surface area (Å²) >= 11 is 5.99. The van der Waals surface area contributed by atoms with Crippen molar-refractivity contribution in [3.8, 4) is 0 Å². The van der Waals surface area contributed by atoms with Crippen molar-refractivity contribution in [1.29, 1.82) is 0 Å². The van der Waals surface area contributed by atoms with E-state index >= 15 is 0 Å². The molecular weight excluding hydrogens is 268 g/mol. The molecule has 0 spiro atoms. The van der Waals surface area contributed by atoms with Crippen LogP contribution < -0.4 is 11.3 Å². The fourth-order valence-electron chi connectivity index (χ4n) is 1.98. The number of thioether (sulfide) groups is 2. The van der Waals surface area contributed by atoms with Crippen molar-refractivity contribution in [3.63, 3.8) is 0 Å². The monoisotopic (exact) mass is 288 g/mol. The minimum atomic E-state index is 0.293. The van der Waals surface area contributed by atoms with Gasteiger partial charge in [-0.1, -0.05) is 13.8 Å². The smallest absolute Gasteiger partial charge is 0.0679 e. The summed E-state index contributed by atoms with van der Waals surface area (Å²) in [5.41, 5.74) is 3.01. The molecule has 0 bridgehead atoms. The highest BCUT2D eigenvalue weighted by atomic mass is 32.2. The number of nitrogens with one attached hydrogen (secondary N) is 1. The second kappa shape index (κ2) is 5.97. The average molecular weight is 289 g/mol. The maximum Gasteiger partial charge on any atom is 0.0679 e. The first-order valence-electron chi connectivity index (χ1n) is 5.91. The van der Waals surface area contributed by atoms with E-state index in [9.17, 15) is 0 Å². The van der Waals surface area contributed by atoms with Gasteiger partial charge in [-0.25, -0.2) is 0 Å². The Balaban J connectivity index is 2.08. The van der Waals surface area contributed by atoms with Gasteiger partial charge in [0.2, 0.25) is 0 Å². The Morgan fingerprint density at radius 3 is 2.65 bits per heavy atom. The predicted molar refractivity (Wildman–Crippen MR) is 81.9 cm³/mol. The molecule has 3 N–H and O–H groups in total. The summed E-state index contributed by atoms with van der Waals surface area (Å²) in [6.07, 6.45) is 0. The first-order valence-corrected chi connectivity index (χ1v) is 8.72. The van der Waals surface area contributed by atoms with Gasteiger partial charge >= 0.3 is 0 Å². The Kier molecular flexibility index (Phi) is 4.83. The van der Waals surface area contributed by atoms with Crippen LogP contribution in [0.15, 0.2) is 12.1 Å². The molecule has 0 amide bonds. The van der Waals surface area contributed by atoms with E-state index in [-0.39, 0.29) is 0 Å². The van der Waals surface area contributed by atoms with Crippen molar-refractivity contribution >= 4 is 34.9 Å². The molecule has 4 unspecified atom stereocenters. The number of nitrogens with two attached hydrogens (primary N) is 1. The third kappa shape index (κ3) is 3.20. The number of hydrogen-bond acceptors (Lipinski definition) is 5. The number of rotatable bonds is 3.